The van der Waals surface area contributed by atoms with E-state index in [1.807, 2.05) is 6.07 Å². The summed E-state index contributed by atoms with van der Waals surface area (Å²) in [5, 5.41) is 3.29. The Morgan fingerprint density at radius 1 is 1.44 bits per heavy atom. The molecule has 0 spiro atoms. The molecule has 1 saturated heterocycles. The number of nitrogens with two attached hydrogens (primary N) is 1. The summed E-state index contributed by atoms with van der Waals surface area (Å²) in [5.41, 5.74) is 5.59. The number of aromatic nitrogens is 2. The average Bonchev–Trinajstić information content (AvgIpc) is 2.46. The molecule has 3 N–H and O–H groups in total. The van der Waals surface area contributed by atoms with Gasteiger partial charge in [-0.25, -0.2) is 9.97 Å². The van der Waals surface area contributed by atoms with Gasteiger partial charge < -0.3 is 20.7 Å². The van der Waals surface area contributed by atoms with Crippen molar-refractivity contribution in [2.24, 2.45) is 11.7 Å². The van der Waals surface area contributed by atoms with Gasteiger partial charge in [-0.05, 0) is 12.5 Å². The van der Waals surface area contributed by atoms with Crippen molar-refractivity contribution in [2.45, 2.75) is 6.92 Å². The first-order valence-corrected chi connectivity index (χ1v) is 6.38. The first-order valence-electron chi connectivity index (χ1n) is 6.38. The summed E-state index contributed by atoms with van der Waals surface area (Å²) >= 11 is 0. The number of ether oxygens (including phenoxy) is 1. The second-order valence-electron chi connectivity index (χ2n) is 4.58. The van der Waals surface area contributed by atoms with Crippen molar-refractivity contribution < 1.29 is 4.74 Å². The van der Waals surface area contributed by atoms with Crippen molar-refractivity contribution in [1.82, 2.24) is 9.97 Å². The van der Waals surface area contributed by atoms with E-state index < -0.39 is 0 Å². The summed E-state index contributed by atoms with van der Waals surface area (Å²) in [6, 6.07) is 1.98. The summed E-state index contributed by atoms with van der Waals surface area (Å²) < 4.78 is 5.33. The highest BCUT2D eigenvalue weighted by Gasteiger charge is 2.12. The van der Waals surface area contributed by atoms with Crippen LogP contribution in [-0.4, -0.2) is 49.4 Å². The highest BCUT2D eigenvalue weighted by molar-refractivity contribution is 5.48. The molecular formula is C12H21N5O. The van der Waals surface area contributed by atoms with Crippen LogP contribution in [-0.2, 0) is 4.74 Å². The summed E-state index contributed by atoms with van der Waals surface area (Å²) in [5.74, 6) is 2.25. The van der Waals surface area contributed by atoms with Crippen molar-refractivity contribution in [2.75, 3.05) is 49.6 Å². The molecule has 0 saturated carbocycles. The van der Waals surface area contributed by atoms with E-state index in [1.165, 1.54) is 0 Å². The van der Waals surface area contributed by atoms with Crippen LogP contribution in [0.25, 0.3) is 0 Å². The Morgan fingerprint density at radius 2 is 2.22 bits per heavy atom. The fourth-order valence-corrected chi connectivity index (χ4v) is 1.77. The number of nitrogens with zero attached hydrogens (tertiary/aromatic N) is 3. The van der Waals surface area contributed by atoms with Crippen molar-refractivity contribution in [1.29, 1.82) is 0 Å². The summed E-state index contributed by atoms with van der Waals surface area (Å²) in [7, 11) is 0. The van der Waals surface area contributed by atoms with E-state index in [-0.39, 0.29) is 0 Å². The summed E-state index contributed by atoms with van der Waals surface area (Å²) in [6.45, 7) is 6.90. The molecule has 0 aromatic carbocycles. The Hall–Kier alpha value is -1.40. The standard InChI is InChI=1S/C12H21N5O/c1-10(7-13)8-14-11-6-12(16-9-15-11)17-2-4-18-5-3-17/h6,9-10H,2-5,7-8,13H2,1H3,(H,14,15,16). The maximum absolute atomic E-state index is 5.59. The largest absolute Gasteiger partial charge is 0.378 e. The van der Waals surface area contributed by atoms with Gasteiger partial charge in [0.05, 0.1) is 13.2 Å². The molecule has 1 aliphatic rings. The van der Waals surface area contributed by atoms with Crippen molar-refractivity contribution in [3.63, 3.8) is 0 Å². The number of nitrogens with one attached hydrogen (secondary N) is 1. The lowest BCUT2D eigenvalue weighted by Gasteiger charge is -2.27. The molecule has 0 radical (unpaired) electrons. The van der Waals surface area contributed by atoms with Gasteiger partial charge in [-0.15, -0.1) is 0 Å². The molecule has 6 nitrogen and oxygen atoms in total. The van der Waals surface area contributed by atoms with Crippen LogP contribution < -0.4 is 16.0 Å². The second-order valence-corrected chi connectivity index (χ2v) is 4.58. The van der Waals surface area contributed by atoms with E-state index in [9.17, 15) is 0 Å². The number of rotatable bonds is 5. The molecular weight excluding hydrogens is 230 g/mol. The fraction of sp³-hybridized carbons (Fsp3) is 0.667. The lowest BCUT2D eigenvalue weighted by Crippen LogP contribution is -2.36. The topological polar surface area (TPSA) is 76.3 Å². The summed E-state index contributed by atoms with van der Waals surface area (Å²) in [4.78, 5) is 10.7. The smallest absolute Gasteiger partial charge is 0.134 e. The number of anilines is 2. The molecule has 6 heteroatoms. The van der Waals surface area contributed by atoms with Gasteiger partial charge in [0.2, 0.25) is 0 Å². The minimum absolute atomic E-state index is 0.437. The van der Waals surface area contributed by atoms with Crippen LogP contribution in [0.1, 0.15) is 6.92 Å². The third-order valence-electron chi connectivity index (χ3n) is 3.02. The van der Waals surface area contributed by atoms with Gasteiger partial charge in [0.1, 0.15) is 18.0 Å². The first kappa shape index (κ1) is 13.0. The van der Waals surface area contributed by atoms with Crippen LogP contribution in [0, 0.1) is 5.92 Å². The molecule has 1 aliphatic heterocycles. The molecule has 1 fully saturated rings. The van der Waals surface area contributed by atoms with E-state index in [0.717, 1.165) is 44.5 Å². The van der Waals surface area contributed by atoms with Crippen LogP contribution in [0.2, 0.25) is 0 Å². The van der Waals surface area contributed by atoms with Gasteiger partial charge in [-0.2, -0.15) is 0 Å². The zero-order chi connectivity index (χ0) is 12.8. The number of hydrogen-bond donors (Lipinski definition) is 2. The van der Waals surface area contributed by atoms with Crippen LogP contribution in [0.5, 0.6) is 0 Å². The molecule has 2 rings (SSSR count). The molecule has 1 unspecified atom stereocenters. The third-order valence-corrected chi connectivity index (χ3v) is 3.02. The van der Waals surface area contributed by atoms with E-state index in [1.54, 1.807) is 6.33 Å². The monoisotopic (exact) mass is 251 g/mol. The lowest BCUT2D eigenvalue weighted by atomic mass is 10.2. The fourth-order valence-electron chi connectivity index (χ4n) is 1.77. The SMILES string of the molecule is CC(CN)CNc1cc(N2CCOCC2)ncn1. The maximum atomic E-state index is 5.59. The van der Waals surface area contributed by atoms with Crippen LogP contribution in [0.4, 0.5) is 11.6 Å². The van der Waals surface area contributed by atoms with Gasteiger partial charge in [-0.1, -0.05) is 6.92 Å². The Bertz CT molecular complexity index is 367. The van der Waals surface area contributed by atoms with E-state index >= 15 is 0 Å². The van der Waals surface area contributed by atoms with Crippen LogP contribution >= 0.6 is 0 Å². The molecule has 100 valence electrons. The highest BCUT2D eigenvalue weighted by atomic mass is 16.5. The van der Waals surface area contributed by atoms with Crippen molar-refractivity contribution >= 4 is 11.6 Å². The van der Waals surface area contributed by atoms with E-state index in [4.69, 9.17) is 10.5 Å². The maximum Gasteiger partial charge on any atom is 0.134 e. The predicted molar refractivity (Wildman–Crippen MR) is 71.8 cm³/mol. The molecule has 0 aliphatic carbocycles. The molecule has 0 amide bonds. The molecule has 18 heavy (non-hydrogen) atoms. The molecule has 2 heterocycles. The molecule has 1 aromatic heterocycles. The molecule has 1 aromatic rings. The highest BCUT2D eigenvalue weighted by Crippen LogP contribution is 2.15. The Morgan fingerprint density at radius 3 is 2.94 bits per heavy atom. The van der Waals surface area contributed by atoms with E-state index in [0.29, 0.717) is 12.5 Å². The number of morpholine rings is 1. The Labute approximate surface area is 108 Å². The zero-order valence-electron chi connectivity index (χ0n) is 10.8. The summed E-state index contributed by atoms with van der Waals surface area (Å²) in [6.07, 6.45) is 1.60. The first-order chi connectivity index (χ1) is 8.79. The lowest BCUT2D eigenvalue weighted by molar-refractivity contribution is 0.122. The minimum atomic E-state index is 0.437. The molecule has 0 bridgehead atoms. The predicted octanol–water partition coefficient (Wildman–Crippen LogP) is 0.320. The van der Waals surface area contributed by atoms with Gasteiger partial charge in [0.25, 0.3) is 0 Å². The van der Waals surface area contributed by atoms with Gasteiger partial charge in [-0.3, -0.25) is 0 Å². The average molecular weight is 251 g/mol. The Balaban J connectivity index is 1.96. The van der Waals surface area contributed by atoms with Crippen LogP contribution in [0.3, 0.4) is 0 Å². The Kier molecular flexibility index (Phi) is 4.72. The van der Waals surface area contributed by atoms with Gasteiger partial charge in [0.15, 0.2) is 0 Å². The quantitative estimate of drug-likeness (QED) is 0.785. The van der Waals surface area contributed by atoms with Crippen molar-refractivity contribution in [3.05, 3.63) is 12.4 Å². The minimum Gasteiger partial charge on any atom is -0.378 e. The zero-order valence-corrected chi connectivity index (χ0v) is 10.8. The van der Waals surface area contributed by atoms with Crippen LogP contribution in [0.15, 0.2) is 12.4 Å². The van der Waals surface area contributed by atoms with Gasteiger partial charge in [0, 0.05) is 25.7 Å². The third kappa shape index (κ3) is 3.54. The normalized spacial score (nSPS) is 17.6. The van der Waals surface area contributed by atoms with E-state index in [2.05, 4.69) is 27.1 Å². The van der Waals surface area contributed by atoms with Crippen molar-refractivity contribution in [3.8, 4) is 0 Å². The number of hydrogen-bond acceptors (Lipinski definition) is 6. The second kappa shape index (κ2) is 6.51. The molecule has 1 atom stereocenters. The van der Waals surface area contributed by atoms with Gasteiger partial charge >= 0.3 is 0 Å².